The molecule has 0 saturated heterocycles. The van der Waals surface area contributed by atoms with Gasteiger partial charge in [-0.25, -0.2) is 11.3 Å². The number of hydrogen-bond donors (Lipinski definition) is 0. The van der Waals surface area contributed by atoms with Crippen LogP contribution in [0.4, 0.5) is 0 Å². The molecule has 0 amide bonds. The standard InChI is InChI=1S/C15H12NOS.C13H10N3O.C13H8NO2.C13H8NOS.C13H8NS2.5Ir/c1-10-4-3-5-11(2)14(10)12-8-18-9-13(12)15-16-6-7-17-15;1-16-8-11(10-2-4-14-5-3-10)12(9-16)13-15-6-7-17-13;1-2-4-10(5-3-1)11-8-15-9-12(11)13-14-6-7-16-13;1-2-4-10(5-3-1)12-11(6-8-15-12)13-14-7-9-16-13;1-2-4-10(5-3-1)12-8-14-13(16-12)11-6-7-15-9-11;;;;;/h3-8H,1-2H3;2-8H,1H3;1-8H;2*1-5,7-9H;;;;;/q5*-1;;;;;. The van der Waals surface area contributed by atoms with Gasteiger partial charge in [-0.1, -0.05) is 171 Å². The Hall–Kier alpha value is -6.59. The van der Waals surface area contributed by atoms with Crippen LogP contribution >= 0.6 is 45.3 Å². The normalized spacial score (nSPS) is 9.99. The van der Waals surface area contributed by atoms with Crippen LogP contribution < -0.4 is 0 Å². The van der Waals surface area contributed by atoms with Gasteiger partial charge in [-0.15, -0.1) is 45.3 Å². The molecule has 0 saturated carbocycles. The Bertz CT molecular complexity index is 4180. The topological polar surface area (TPSA) is 148 Å². The minimum atomic E-state index is 0. The summed E-state index contributed by atoms with van der Waals surface area (Å²) in [5, 5.41) is 13.3. The van der Waals surface area contributed by atoms with Gasteiger partial charge in [-0.3, -0.25) is 31.3 Å². The van der Waals surface area contributed by atoms with E-state index >= 15 is 0 Å². The van der Waals surface area contributed by atoms with Crippen LogP contribution in [0.5, 0.6) is 0 Å². The van der Waals surface area contributed by atoms with E-state index in [1.807, 2.05) is 126 Å². The number of nitrogens with zero attached hydrogens (tertiary/aromatic N) is 7. The monoisotopic (exact) mass is 2120 g/mol. The Morgan fingerprint density at radius 3 is 1.70 bits per heavy atom. The summed E-state index contributed by atoms with van der Waals surface area (Å²) < 4.78 is 28.4. The van der Waals surface area contributed by atoms with Crippen LogP contribution in [0.2, 0.25) is 0 Å². The second kappa shape index (κ2) is 35.6. The minimum Gasteiger partial charge on any atom is -0.564 e. The number of furan rings is 2. The molecule has 0 N–H and O–H groups in total. The van der Waals surface area contributed by atoms with E-state index in [9.17, 15) is 0 Å². The molecular formula is C67H46Ir5N7O5S4-5. The zero-order chi connectivity index (χ0) is 56.6. The molecule has 4 aromatic carbocycles. The zero-order valence-corrected chi connectivity index (χ0v) is 61.6. The number of hydrogen-bond acceptors (Lipinski definition) is 15. The van der Waals surface area contributed by atoms with E-state index in [1.54, 1.807) is 108 Å². The Morgan fingerprint density at radius 2 is 1.11 bits per heavy atom. The fraction of sp³-hybridized carbons (Fsp3) is 0.0448. The van der Waals surface area contributed by atoms with Crippen molar-refractivity contribution in [3.05, 3.63) is 265 Å². The van der Waals surface area contributed by atoms with E-state index in [-0.39, 0.29) is 101 Å². The molecule has 453 valence electrons. The quantitative estimate of drug-likeness (QED) is 0.121. The molecule has 0 fully saturated rings. The first-order chi connectivity index (χ1) is 40.9. The van der Waals surface area contributed by atoms with Crippen LogP contribution in [0, 0.1) is 43.8 Å². The average molecular weight is 2120 g/mol. The predicted molar refractivity (Wildman–Crippen MR) is 329 cm³/mol. The van der Waals surface area contributed by atoms with E-state index < -0.39 is 0 Å². The largest absolute Gasteiger partial charge is 0.564 e. The number of rotatable bonds is 10. The van der Waals surface area contributed by atoms with Crippen molar-refractivity contribution in [3.8, 4) is 111 Å². The fourth-order valence-electron chi connectivity index (χ4n) is 8.63. The van der Waals surface area contributed by atoms with E-state index in [1.165, 1.54) is 33.4 Å². The summed E-state index contributed by atoms with van der Waals surface area (Å²) in [7, 11) is 1.93. The first-order valence-corrected chi connectivity index (χ1v) is 29.2. The maximum absolute atomic E-state index is 5.49. The van der Waals surface area contributed by atoms with Gasteiger partial charge in [0.25, 0.3) is 0 Å². The fourth-order valence-corrected chi connectivity index (χ4v) is 11.6. The summed E-state index contributed by atoms with van der Waals surface area (Å²) in [6.07, 6.45) is 28.0. The third-order valence-electron chi connectivity index (χ3n) is 12.4. The molecule has 0 spiro atoms. The second-order valence-corrected chi connectivity index (χ2v) is 21.2. The maximum atomic E-state index is 5.49. The van der Waals surface area contributed by atoms with Gasteiger partial charge in [0, 0.05) is 158 Å². The smallest absolute Gasteiger partial charge is 0.143 e. The molecule has 88 heavy (non-hydrogen) atoms. The van der Waals surface area contributed by atoms with Crippen LogP contribution in [0.3, 0.4) is 0 Å². The van der Waals surface area contributed by atoms with Gasteiger partial charge >= 0.3 is 0 Å². The van der Waals surface area contributed by atoms with E-state index in [4.69, 9.17) is 22.1 Å². The van der Waals surface area contributed by atoms with Gasteiger partial charge in [0.05, 0.1) is 37.4 Å². The van der Waals surface area contributed by atoms with E-state index in [2.05, 4.69) is 115 Å². The third kappa shape index (κ3) is 17.8. The molecule has 0 aliphatic carbocycles. The number of aromatic nitrogens is 7. The molecule has 11 aromatic heterocycles. The van der Waals surface area contributed by atoms with Gasteiger partial charge in [-0.05, 0) is 61.4 Å². The van der Waals surface area contributed by atoms with Crippen LogP contribution in [-0.4, -0.2) is 34.5 Å². The summed E-state index contributed by atoms with van der Waals surface area (Å²) in [6, 6.07) is 46.8. The number of pyridine rings is 1. The van der Waals surface area contributed by atoms with E-state index in [0.717, 1.165) is 77.0 Å². The van der Waals surface area contributed by atoms with Gasteiger partial charge in [0.2, 0.25) is 0 Å². The first-order valence-electron chi connectivity index (χ1n) is 25.6. The SMILES string of the molecule is Cc1cccc(C)c1-c1cs[c-]c1-c1ncco1.Cn1[c-]c(-c2ncco2)c(-c2ccncc2)c1.[Ir].[Ir].[Ir].[Ir].[Ir].[c-]1coc(-c2ccccc2)c1-c1nccs1.[c-]1cscc1-c1ncc(-c2ccccc2)s1.[c-]1occ(-c2ccccc2)c1-c1ncco1. The molecule has 15 rings (SSSR count). The molecule has 11 heterocycles. The van der Waals surface area contributed by atoms with E-state index in [0.29, 0.717) is 17.7 Å². The predicted octanol–water partition coefficient (Wildman–Crippen LogP) is 18.6. The van der Waals surface area contributed by atoms with Gasteiger partial charge in [0.1, 0.15) is 17.7 Å². The molecule has 15 aromatic rings. The van der Waals surface area contributed by atoms with Crippen molar-refractivity contribution >= 4 is 45.3 Å². The molecule has 21 heteroatoms. The van der Waals surface area contributed by atoms with Crippen LogP contribution in [0.15, 0.2) is 246 Å². The van der Waals surface area contributed by atoms with Gasteiger partial charge in [-0.2, -0.15) is 28.7 Å². The molecule has 0 aliphatic rings. The molecule has 0 atom stereocenters. The zero-order valence-electron chi connectivity index (χ0n) is 46.3. The molecule has 0 aliphatic heterocycles. The van der Waals surface area contributed by atoms with Crippen molar-refractivity contribution in [2.75, 3.05) is 0 Å². The maximum Gasteiger partial charge on any atom is 0.143 e. The van der Waals surface area contributed by atoms with Crippen molar-refractivity contribution < 1.29 is 123 Å². The van der Waals surface area contributed by atoms with Crippen molar-refractivity contribution in [1.82, 2.24) is 34.5 Å². The van der Waals surface area contributed by atoms with Crippen LogP contribution in [-0.2, 0) is 108 Å². The van der Waals surface area contributed by atoms with Crippen molar-refractivity contribution in [3.63, 3.8) is 0 Å². The summed E-state index contributed by atoms with van der Waals surface area (Å²) in [5.41, 5.74) is 15.9. The minimum absolute atomic E-state index is 0. The number of oxazole rings is 3. The number of thiophene rings is 2. The second-order valence-electron chi connectivity index (χ2n) is 17.9. The molecule has 0 unspecified atom stereocenters. The Balaban J connectivity index is 0.000000173. The van der Waals surface area contributed by atoms with Crippen LogP contribution in [0.1, 0.15) is 11.1 Å². The molecule has 5 radical (unpaired) electrons. The number of benzene rings is 4. The Labute approximate surface area is 592 Å². The molecule has 0 bridgehead atoms. The van der Waals surface area contributed by atoms with Gasteiger partial charge < -0.3 is 36.6 Å². The summed E-state index contributed by atoms with van der Waals surface area (Å²) in [4.78, 5) is 26.4. The number of aryl methyl sites for hydroxylation is 3. The van der Waals surface area contributed by atoms with Crippen molar-refractivity contribution in [2.45, 2.75) is 13.8 Å². The summed E-state index contributed by atoms with van der Waals surface area (Å²) in [6.45, 7) is 4.25. The average Bonchev–Trinajstić information content (AvgIpc) is 3.79. The number of thiazole rings is 2. The van der Waals surface area contributed by atoms with Crippen LogP contribution in [0.25, 0.3) is 111 Å². The van der Waals surface area contributed by atoms with Gasteiger partial charge in [0.15, 0.2) is 0 Å². The van der Waals surface area contributed by atoms with Crippen molar-refractivity contribution in [1.29, 1.82) is 0 Å². The summed E-state index contributed by atoms with van der Waals surface area (Å²) >= 11 is 6.50. The Morgan fingerprint density at radius 1 is 0.511 bits per heavy atom. The molecule has 12 nitrogen and oxygen atoms in total. The van der Waals surface area contributed by atoms with Crippen molar-refractivity contribution in [2.24, 2.45) is 7.05 Å². The first kappa shape index (κ1) is 70.5. The third-order valence-corrected chi connectivity index (χ3v) is 15.6. The summed E-state index contributed by atoms with van der Waals surface area (Å²) in [5.74, 6) is 2.56. The Kier molecular flexibility index (Phi) is 28.5. The molecular weight excluding hydrogens is 2070 g/mol.